The van der Waals surface area contributed by atoms with Crippen LogP contribution < -0.4 is 10.1 Å². The third kappa shape index (κ3) is 4.57. The standard InChI is InChI=1S/C24H28N6O3/c1-5-7-22(31)29-12-16-10-18(20(33-4)11-17(16)13-29)24(32)27-21-9-6-8-19(26-21)23-28-25-14-30(23)15(2)3/h6,8-11,14-15H,5,7,12-13H2,1-4H3,(H,26,27,32). The summed E-state index contributed by atoms with van der Waals surface area (Å²) in [6.45, 7) is 7.09. The monoisotopic (exact) mass is 448 g/mol. The molecule has 1 aliphatic rings. The molecule has 0 saturated heterocycles. The molecule has 2 amide bonds. The number of hydrogen-bond donors (Lipinski definition) is 1. The van der Waals surface area contributed by atoms with E-state index in [0.717, 1.165) is 17.5 Å². The number of carbonyl (C=O) groups excluding carboxylic acids is 2. The van der Waals surface area contributed by atoms with Crippen molar-refractivity contribution in [2.24, 2.45) is 0 Å². The molecule has 172 valence electrons. The molecule has 3 heterocycles. The van der Waals surface area contributed by atoms with Crippen molar-refractivity contribution in [1.82, 2.24) is 24.6 Å². The van der Waals surface area contributed by atoms with Crippen LogP contribution in [0.25, 0.3) is 11.5 Å². The summed E-state index contributed by atoms with van der Waals surface area (Å²) in [4.78, 5) is 31.8. The second-order valence-corrected chi connectivity index (χ2v) is 8.34. The first-order valence-electron chi connectivity index (χ1n) is 11.1. The molecule has 0 saturated carbocycles. The van der Waals surface area contributed by atoms with Crippen LogP contribution in [0.1, 0.15) is 61.1 Å². The number of methoxy groups -OCH3 is 1. The zero-order valence-electron chi connectivity index (χ0n) is 19.3. The van der Waals surface area contributed by atoms with Crippen molar-refractivity contribution < 1.29 is 14.3 Å². The van der Waals surface area contributed by atoms with Gasteiger partial charge < -0.3 is 19.5 Å². The van der Waals surface area contributed by atoms with E-state index in [4.69, 9.17) is 4.74 Å². The maximum atomic E-state index is 13.1. The number of carbonyl (C=O) groups is 2. The van der Waals surface area contributed by atoms with Crippen LogP contribution in [0.15, 0.2) is 36.7 Å². The Morgan fingerprint density at radius 3 is 2.64 bits per heavy atom. The van der Waals surface area contributed by atoms with Crippen molar-refractivity contribution in [2.45, 2.75) is 52.7 Å². The van der Waals surface area contributed by atoms with Crippen LogP contribution in [0.3, 0.4) is 0 Å². The van der Waals surface area contributed by atoms with Gasteiger partial charge in [-0.25, -0.2) is 4.98 Å². The zero-order valence-corrected chi connectivity index (χ0v) is 19.3. The molecule has 0 radical (unpaired) electrons. The third-order valence-electron chi connectivity index (χ3n) is 5.65. The fourth-order valence-corrected chi connectivity index (χ4v) is 3.94. The second-order valence-electron chi connectivity index (χ2n) is 8.34. The highest BCUT2D eigenvalue weighted by molar-refractivity contribution is 6.06. The van der Waals surface area contributed by atoms with Crippen molar-refractivity contribution in [3.63, 3.8) is 0 Å². The summed E-state index contributed by atoms with van der Waals surface area (Å²) in [5.74, 6) is 1.29. The lowest BCUT2D eigenvalue weighted by atomic mass is 10.0. The Morgan fingerprint density at radius 2 is 1.94 bits per heavy atom. The van der Waals surface area contributed by atoms with Gasteiger partial charge in [0.25, 0.3) is 5.91 Å². The van der Waals surface area contributed by atoms with Gasteiger partial charge in [0.15, 0.2) is 5.82 Å². The topological polar surface area (TPSA) is 102 Å². The van der Waals surface area contributed by atoms with Gasteiger partial charge in [0, 0.05) is 25.6 Å². The Kier molecular flexibility index (Phi) is 6.39. The Balaban J connectivity index is 1.57. The largest absolute Gasteiger partial charge is 0.496 e. The summed E-state index contributed by atoms with van der Waals surface area (Å²) in [6, 6.07) is 9.20. The van der Waals surface area contributed by atoms with Crippen LogP contribution in [0.4, 0.5) is 5.82 Å². The molecule has 2 aromatic heterocycles. The number of benzene rings is 1. The van der Waals surface area contributed by atoms with Crippen LogP contribution >= 0.6 is 0 Å². The summed E-state index contributed by atoms with van der Waals surface area (Å²) in [5.41, 5.74) is 2.97. The molecule has 0 aliphatic carbocycles. The van der Waals surface area contributed by atoms with Gasteiger partial charge in [-0.15, -0.1) is 10.2 Å². The van der Waals surface area contributed by atoms with Crippen LogP contribution in [0, 0.1) is 0 Å². The van der Waals surface area contributed by atoms with E-state index in [0.29, 0.717) is 48.2 Å². The Morgan fingerprint density at radius 1 is 1.18 bits per heavy atom. The molecule has 0 spiro atoms. The number of pyridine rings is 1. The number of amides is 2. The molecule has 0 unspecified atom stereocenters. The van der Waals surface area contributed by atoms with Crippen LogP contribution in [-0.2, 0) is 17.9 Å². The number of hydrogen-bond acceptors (Lipinski definition) is 6. The van der Waals surface area contributed by atoms with E-state index in [-0.39, 0.29) is 17.9 Å². The zero-order chi connectivity index (χ0) is 23.5. The van der Waals surface area contributed by atoms with Gasteiger partial charge in [-0.05, 0) is 55.7 Å². The summed E-state index contributed by atoms with van der Waals surface area (Å²) < 4.78 is 7.41. The summed E-state index contributed by atoms with van der Waals surface area (Å²) >= 11 is 0. The van der Waals surface area contributed by atoms with Crippen molar-refractivity contribution >= 4 is 17.6 Å². The minimum absolute atomic E-state index is 0.119. The molecule has 9 heteroatoms. The Hall–Kier alpha value is -3.75. The second kappa shape index (κ2) is 9.40. The van der Waals surface area contributed by atoms with Crippen molar-refractivity contribution in [3.8, 4) is 17.3 Å². The molecular formula is C24H28N6O3. The quantitative estimate of drug-likeness (QED) is 0.589. The van der Waals surface area contributed by atoms with Crippen LogP contribution in [-0.4, -0.2) is 43.6 Å². The van der Waals surface area contributed by atoms with Gasteiger partial charge in [-0.3, -0.25) is 9.59 Å². The van der Waals surface area contributed by atoms with E-state index in [9.17, 15) is 9.59 Å². The molecule has 9 nitrogen and oxygen atoms in total. The van der Waals surface area contributed by atoms with Gasteiger partial charge >= 0.3 is 0 Å². The molecule has 0 bridgehead atoms. The van der Waals surface area contributed by atoms with Crippen molar-refractivity contribution in [1.29, 1.82) is 0 Å². The smallest absolute Gasteiger partial charge is 0.260 e. The predicted molar refractivity (Wildman–Crippen MR) is 124 cm³/mol. The van der Waals surface area contributed by atoms with Crippen molar-refractivity contribution in [3.05, 3.63) is 53.3 Å². The highest BCUT2D eigenvalue weighted by Crippen LogP contribution is 2.31. The van der Waals surface area contributed by atoms with E-state index in [1.54, 1.807) is 12.4 Å². The predicted octanol–water partition coefficient (Wildman–Crippen LogP) is 3.82. The molecule has 0 fully saturated rings. The highest BCUT2D eigenvalue weighted by atomic mass is 16.5. The molecule has 0 atom stereocenters. The summed E-state index contributed by atoms with van der Waals surface area (Å²) in [5, 5.41) is 11.0. The average Bonchev–Trinajstić information content (AvgIpc) is 3.45. The normalized spacial score (nSPS) is 12.7. The number of aromatic nitrogens is 4. The summed E-state index contributed by atoms with van der Waals surface area (Å²) in [7, 11) is 1.53. The fraction of sp³-hybridized carbons (Fsp3) is 0.375. The van der Waals surface area contributed by atoms with E-state index < -0.39 is 0 Å². The molecule has 1 N–H and O–H groups in total. The molecule has 1 aromatic carbocycles. The van der Waals surface area contributed by atoms with Crippen molar-refractivity contribution in [2.75, 3.05) is 12.4 Å². The number of ether oxygens (including phenoxy) is 1. The van der Waals surface area contributed by atoms with Gasteiger partial charge in [-0.2, -0.15) is 0 Å². The number of nitrogens with zero attached hydrogens (tertiary/aromatic N) is 5. The van der Waals surface area contributed by atoms with E-state index >= 15 is 0 Å². The number of fused-ring (bicyclic) bond motifs is 1. The van der Waals surface area contributed by atoms with Gasteiger partial charge in [0.05, 0.1) is 12.7 Å². The molecular weight excluding hydrogens is 420 g/mol. The van der Waals surface area contributed by atoms with E-state index in [1.165, 1.54) is 7.11 Å². The number of nitrogens with one attached hydrogen (secondary N) is 1. The Bertz CT molecular complexity index is 1190. The van der Waals surface area contributed by atoms with E-state index in [1.807, 2.05) is 54.5 Å². The Labute approximate surface area is 192 Å². The fourth-order valence-electron chi connectivity index (χ4n) is 3.94. The lowest BCUT2D eigenvalue weighted by Crippen LogP contribution is -2.24. The molecule has 4 rings (SSSR count). The number of rotatable bonds is 7. The van der Waals surface area contributed by atoms with Crippen LogP contribution in [0.2, 0.25) is 0 Å². The average molecular weight is 449 g/mol. The maximum absolute atomic E-state index is 13.1. The molecule has 3 aromatic rings. The molecule has 1 aliphatic heterocycles. The van der Waals surface area contributed by atoms with Gasteiger partial charge in [-0.1, -0.05) is 13.0 Å². The minimum Gasteiger partial charge on any atom is -0.496 e. The van der Waals surface area contributed by atoms with E-state index in [2.05, 4.69) is 20.5 Å². The third-order valence-corrected chi connectivity index (χ3v) is 5.65. The van der Waals surface area contributed by atoms with Crippen LogP contribution in [0.5, 0.6) is 5.75 Å². The van der Waals surface area contributed by atoms with Gasteiger partial charge in [0.2, 0.25) is 5.91 Å². The number of anilines is 1. The van der Waals surface area contributed by atoms with Gasteiger partial charge in [0.1, 0.15) is 23.6 Å². The first kappa shape index (κ1) is 22.4. The highest BCUT2D eigenvalue weighted by Gasteiger charge is 2.26. The first-order valence-corrected chi connectivity index (χ1v) is 11.1. The molecule has 33 heavy (non-hydrogen) atoms. The first-order chi connectivity index (χ1) is 15.9. The maximum Gasteiger partial charge on any atom is 0.260 e. The lowest BCUT2D eigenvalue weighted by molar-refractivity contribution is -0.131. The lowest BCUT2D eigenvalue weighted by Gasteiger charge is -2.14. The summed E-state index contributed by atoms with van der Waals surface area (Å²) in [6.07, 6.45) is 2.99. The SMILES string of the molecule is CCCC(=O)N1Cc2cc(OC)c(C(=O)Nc3cccc(-c4nncn4C(C)C)n3)cc2C1. The minimum atomic E-state index is -0.331.